The standard InChI is InChI=1S/C14H19N3/c1-3-17-9-7-13(11-17)10-16-12(2)14-6-4-5-8-15-14/h4-9,11-12,16H,3,10H2,1-2H3/t12-/m1/s1. The van der Waals surface area contributed by atoms with Crippen molar-refractivity contribution in [2.24, 2.45) is 0 Å². The lowest BCUT2D eigenvalue weighted by Crippen LogP contribution is -2.18. The molecule has 0 unspecified atom stereocenters. The van der Waals surface area contributed by atoms with Gasteiger partial charge in [0.1, 0.15) is 0 Å². The van der Waals surface area contributed by atoms with Gasteiger partial charge < -0.3 is 9.88 Å². The van der Waals surface area contributed by atoms with Gasteiger partial charge in [-0.05, 0) is 37.6 Å². The molecule has 0 aliphatic rings. The average Bonchev–Trinajstić information content (AvgIpc) is 2.85. The Bertz CT molecular complexity index is 448. The molecular weight excluding hydrogens is 210 g/mol. The lowest BCUT2D eigenvalue weighted by atomic mass is 10.2. The van der Waals surface area contributed by atoms with Gasteiger partial charge in [0.2, 0.25) is 0 Å². The van der Waals surface area contributed by atoms with Crippen molar-refractivity contribution < 1.29 is 0 Å². The molecule has 2 aromatic heterocycles. The minimum absolute atomic E-state index is 0.279. The number of pyridine rings is 1. The zero-order valence-electron chi connectivity index (χ0n) is 10.4. The van der Waals surface area contributed by atoms with Gasteiger partial charge in [-0.2, -0.15) is 0 Å². The molecular formula is C14H19N3. The number of hydrogen-bond donors (Lipinski definition) is 1. The highest BCUT2D eigenvalue weighted by molar-refractivity contribution is 5.12. The molecule has 0 fully saturated rings. The number of nitrogens with one attached hydrogen (secondary N) is 1. The highest BCUT2D eigenvalue weighted by Gasteiger charge is 2.05. The summed E-state index contributed by atoms with van der Waals surface area (Å²) >= 11 is 0. The van der Waals surface area contributed by atoms with Crippen molar-refractivity contribution in [1.82, 2.24) is 14.9 Å². The minimum atomic E-state index is 0.279. The quantitative estimate of drug-likeness (QED) is 0.854. The summed E-state index contributed by atoms with van der Waals surface area (Å²) in [6.07, 6.45) is 6.13. The van der Waals surface area contributed by atoms with Crippen molar-refractivity contribution in [1.29, 1.82) is 0 Å². The van der Waals surface area contributed by atoms with Gasteiger partial charge in [-0.3, -0.25) is 4.98 Å². The van der Waals surface area contributed by atoms with E-state index in [0.717, 1.165) is 18.8 Å². The summed E-state index contributed by atoms with van der Waals surface area (Å²) < 4.78 is 2.18. The Hall–Kier alpha value is -1.61. The van der Waals surface area contributed by atoms with Crippen LogP contribution in [0.5, 0.6) is 0 Å². The largest absolute Gasteiger partial charge is 0.354 e. The van der Waals surface area contributed by atoms with Crippen LogP contribution in [0.1, 0.15) is 31.1 Å². The lowest BCUT2D eigenvalue weighted by molar-refractivity contribution is 0.561. The molecule has 0 saturated heterocycles. The van der Waals surface area contributed by atoms with Crippen molar-refractivity contribution >= 4 is 0 Å². The summed E-state index contributed by atoms with van der Waals surface area (Å²) in [5, 5.41) is 3.48. The van der Waals surface area contributed by atoms with Crippen LogP contribution in [0.3, 0.4) is 0 Å². The molecule has 0 aliphatic carbocycles. The molecule has 0 saturated carbocycles. The summed E-state index contributed by atoms with van der Waals surface area (Å²) in [6.45, 7) is 6.19. The number of hydrogen-bond acceptors (Lipinski definition) is 2. The summed E-state index contributed by atoms with van der Waals surface area (Å²) in [6, 6.07) is 8.45. The molecule has 0 spiro atoms. The Morgan fingerprint density at radius 2 is 2.24 bits per heavy atom. The van der Waals surface area contributed by atoms with E-state index in [1.807, 2.05) is 18.3 Å². The number of nitrogens with zero attached hydrogens (tertiary/aromatic N) is 2. The maximum absolute atomic E-state index is 4.34. The van der Waals surface area contributed by atoms with Crippen LogP contribution in [0.25, 0.3) is 0 Å². The predicted octanol–water partition coefficient (Wildman–Crippen LogP) is 2.75. The molecule has 0 aliphatic heterocycles. The molecule has 1 atom stereocenters. The van der Waals surface area contributed by atoms with E-state index in [2.05, 4.69) is 53.2 Å². The first-order chi connectivity index (χ1) is 8.29. The third kappa shape index (κ3) is 3.17. The number of aryl methyl sites for hydroxylation is 1. The second-order valence-corrected chi connectivity index (χ2v) is 4.21. The first kappa shape index (κ1) is 11.9. The fraction of sp³-hybridized carbons (Fsp3) is 0.357. The molecule has 3 heteroatoms. The van der Waals surface area contributed by atoms with Gasteiger partial charge in [0.05, 0.1) is 5.69 Å². The lowest BCUT2D eigenvalue weighted by Gasteiger charge is -2.12. The second kappa shape index (κ2) is 5.64. The highest BCUT2D eigenvalue weighted by Crippen LogP contribution is 2.09. The third-order valence-corrected chi connectivity index (χ3v) is 2.92. The minimum Gasteiger partial charge on any atom is -0.354 e. The van der Waals surface area contributed by atoms with Gasteiger partial charge in [0, 0.05) is 37.7 Å². The first-order valence-electron chi connectivity index (χ1n) is 6.08. The van der Waals surface area contributed by atoms with Crippen molar-refractivity contribution in [3.8, 4) is 0 Å². The van der Waals surface area contributed by atoms with Crippen LogP contribution in [-0.4, -0.2) is 9.55 Å². The highest BCUT2D eigenvalue weighted by atomic mass is 15.0. The van der Waals surface area contributed by atoms with E-state index in [4.69, 9.17) is 0 Å². The third-order valence-electron chi connectivity index (χ3n) is 2.92. The van der Waals surface area contributed by atoms with E-state index in [0.29, 0.717) is 0 Å². The molecule has 0 bridgehead atoms. The number of aromatic nitrogens is 2. The van der Waals surface area contributed by atoms with Crippen LogP contribution in [0.2, 0.25) is 0 Å². The summed E-state index contributed by atoms with van der Waals surface area (Å²) in [4.78, 5) is 4.34. The molecule has 0 aromatic carbocycles. The van der Waals surface area contributed by atoms with E-state index >= 15 is 0 Å². The Morgan fingerprint density at radius 3 is 2.88 bits per heavy atom. The summed E-state index contributed by atoms with van der Waals surface area (Å²) in [5.41, 5.74) is 2.40. The molecule has 3 nitrogen and oxygen atoms in total. The Kier molecular flexibility index (Phi) is 3.94. The fourth-order valence-corrected chi connectivity index (χ4v) is 1.80. The van der Waals surface area contributed by atoms with Gasteiger partial charge in [0.15, 0.2) is 0 Å². The SMILES string of the molecule is CCn1ccc(CN[C@H](C)c2ccccn2)c1. The van der Waals surface area contributed by atoms with E-state index in [1.54, 1.807) is 0 Å². The van der Waals surface area contributed by atoms with Gasteiger partial charge in [0.25, 0.3) is 0 Å². The Labute approximate surface area is 103 Å². The molecule has 2 aromatic rings. The van der Waals surface area contributed by atoms with Gasteiger partial charge in [-0.25, -0.2) is 0 Å². The van der Waals surface area contributed by atoms with Crippen molar-refractivity contribution in [3.05, 3.63) is 54.1 Å². The molecule has 17 heavy (non-hydrogen) atoms. The van der Waals surface area contributed by atoms with Gasteiger partial charge in [-0.1, -0.05) is 6.07 Å². The Balaban J connectivity index is 1.90. The van der Waals surface area contributed by atoms with Crippen molar-refractivity contribution in [2.75, 3.05) is 0 Å². The molecule has 0 amide bonds. The van der Waals surface area contributed by atoms with Crippen LogP contribution >= 0.6 is 0 Å². The second-order valence-electron chi connectivity index (χ2n) is 4.21. The van der Waals surface area contributed by atoms with E-state index < -0.39 is 0 Å². The summed E-state index contributed by atoms with van der Waals surface area (Å²) in [5.74, 6) is 0. The number of rotatable bonds is 5. The van der Waals surface area contributed by atoms with Crippen LogP contribution in [-0.2, 0) is 13.1 Å². The van der Waals surface area contributed by atoms with Crippen LogP contribution in [0, 0.1) is 0 Å². The zero-order chi connectivity index (χ0) is 12.1. The smallest absolute Gasteiger partial charge is 0.0570 e. The van der Waals surface area contributed by atoms with Crippen LogP contribution < -0.4 is 5.32 Å². The van der Waals surface area contributed by atoms with Crippen LogP contribution in [0.15, 0.2) is 42.9 Å². The Morgan fingerprint density at radius 1 is 1.35 bits per heavy atom. The molecule has 1 N–H and O–H groups in total. The van der Waals surface area contributed by atoms with Crippen molar-refractivity contribution in [2.45, 2.75) is 33.0 Å². The first-order valence-corrected chi connectivity index (χ1v) is 6.08. The molecule has 2 heterocycles. The van der Waals surface area contributed by atoms with E-state index in [9.17, 15) is 0 Å². The maximum Gasteiger partial charge on any atom is 0.0570 e. The van der Waals surface area contributed by atoms with Crippen LogP contribution in [0.4, 0.5) is 0 Å². The van der Waals surface area contributed by atoms with E-state index in [-0.39, 0.29) is 6.04 Å². The van der Waals surface area contributed by atoms with E-state index in [1.165, 1.54) is 5.56 Å². The van der Waals surface area contributed by atoms with Gasteiger partial charge >= 0.3 is 0 Å². The fourth-order valence-electron chi connectivity index (χ4n) is 1.80. The average molecular weight is 229 g/mol. The summed E-state index contributed by atoms with van der Waals surface area (Å²) in [7, 11) is 0. The monoisotopic (exact) mass is 229 g/mol. The topological polar surface area (TPSA) is 29.9 Å². The predicted molar refractivity (Wildman–Crippen MR) is 69.6 cm³/mol. The van der Waals surface area contributed by atoms with Gasteiger partial charge in [-0.15, -0.1) is 0 Å². The maximum atomic E-state index is 4.34. The normalized spacial score (nSPS) is 12.6. The molecule has 0 radical (unpaired) electrons. The zero-order valence-corrected chi connectivity index (χ0v) is 10.4. The molecule has 2 rings (SSSR count). The van der Waals surface area contributed by atoms with Crippen molar-refractivity contribution in [3.63, 3.8) is 0 Å². The molecule has 90 valence electrons.